The highest BCUT2D eigenvalue weighted by atomic mass is 79.9. The molecule has 0 saturated heterocycles. The van der Waals surface area contributed by atoms with Crippen molar-refractivity contribution in [2.75, 3.05) is 12.8 Å². The smallest absolute Gasteiger partial charge is 0.242 e. The van der Waals surface area contributed by atoms with Crippen LogP contribution in [0, 0.1) is 5.82 Å². The largest absolute Gasteiger partial charge is 0.357 e. The van der Waals surface area contributed by atoms with Crippen molar-refractivity contribution >= 4 is 39.5 Å². The third-order valence-corrected chi connectivity index (χ3v) is 5.60. The Kier molecular flexibility index (Phi) is 8.31. The maximum atomic E-state index is 13.0. The fraction of sp³-hybridized carbons (Fsp3) is 0.300. The summed E-state index contributed by atoms with van der Waals surface area (Å²) in [5.74, 6) is 0.256. The summed E-state index contributed by atoms with van der Waals surface area (Å²) in [4.78, 5) is 26.4. The molecule has 2 aromatic rings. The lowest BCUT2D eigenvalue weighted by Crippen LogP contribution is -2.47. The van der Waals surface area contributed by atoms with Crippen molar-refractivity contribution in [2.45, 2.75) is 25.3 Å². The van der Waals surface area contributed by atoms with E-state index in [0.29, 0.717) is 12.3 Å². The van der Waals surface area contributed by atoms with E-state index in [0.717, 1.165) is 15.6 Å². The Morgan fingerprint density at radius 2 is 1.70 bits per heavy atom. The minimum Gasteiger partial charge on any atom is -0.357 e. The number of hydrogen-bond donors (Lipinski definition) is 1. The van der Waals surface area contributed by atoms with E-state index in [1.165, 1.54) is 23.9 Å². The number of hydrogen-bond acceptors (Lipinski definition) is 3. The normalized spacial score (nSPS) is 11.7. The molecule has 0 aromatic heterocycles. The Morgan fingerprint density at radius 1 is 1.11 bits per heavy atom. The van der Waals surface area contributed by atoms with Crippen molar-refractivity contribution in [3.05, 3.63) is 69.9 Å². The van der Waals surface area contributed by atoms with Gasteiger partial charge in [-0.15, -0.1) is 11.8 Å². The lowest BCUT2D eigenvalue weighted by atomic mass is 10.1. The number of nitrogens with zero attached hydrogens (tertiary/aromatic N) is 1. The predicted octanol–water partition coefficient (Wildman–Crippen LogP) is 3.98. The molecule has 1 atom stereocenters. The third-order valence-electron chi connectivity index (χ3n) is 4.09. The minimum absolute atomic E-state index is 0.110. The van der Waals surface area contributed by atoms with Crippen LogP contribution in [-0.2, 0) is 21.9 Å². The van der Waals surface area contributed by atoms with E-state index in [4.69, 9.17) is 0 Å². The molecule has 2 aromatic carbocycles. The fourth-order valence-corrected chi connectivity index (χ4v) is 3.63. The Morgan fingerprint density at radius 3 is 2.30 bits per heavy atom. The summed E-state index contributed by atoms with van der Waals surface area (Å²) >= 11 is 4.84. The maximum absolute atomic E-state index is 13.0. The van der Waals surface area contributed by atoms with Crippen LogP contribution in [-0.4, -0.2) is 35.6 Å². The van der Waals surface area contributed by atoms with Gasteiger partial charge in [-0.05, 0) is 42.3 Å². The highest BCUT2D eigenvalue weighted by Gasteiger charge is 2.25. The molecule has 0 spiro atoms. The summed E-state index contributed by atoms with van der Waals surface area (Å²) in [6.07, 6.45) is 0. The number of thioether (sulfide) groups is 1. The Balaban J connectivity index is 2.02. The van der Waals surface area contributed by atoms with E-state index in [1.807, 2.05) is 24.3 Å². The van der Waals surface area contributed by atoms with Gasteiger partial charge in [-0.3, -0.25) is 9.59 Å². The van der Waals surface area contributed by atoms with Gasteiger partial charge in [-0.1, -0.05) is 40.2 Å². The third kappa shape index (κ3) is 6.66. The summed E-state index contributed by atoms with van der Waals surface area (Å²) in [5.41, 5.74) is 1.90. The van der Waals surface area contributed by atoms with Gasteiger partial charge in [0.05, 0.1) is 5.75 Å². The fourth-order valence-electron chi connectivity index (χ4n) is 2.50. The molecule has 1 unspecified atom stereocenters. The van der Waals surface area contributed by atoms with E-state index in [9.17, 15) is 14.0 Å². The number of carbonyl (C=O) groups excluding carboxylic acids is 2. The number of carbonyl (C=O) groups is 2. The summed E-state index contributed by atoms with van der Waals surface area (Å²) < 4.78 is 13.9. The molecule has 144 valence electrons. The molecule has 2 amide bonds. The van der Waals surface area contributed by atoms with Crippen molar-refractivity contribution in [1.82, 2.24) is 10.2 Å². The van der Waals surface area contributed by atoms with Crippen molar-refractivity contribution in [3.8, 4) is 0 Å². The number of benzene rings is 2. The number of nitrogens with one attached hydrogen (secondary N) is 1. The summed E-state index contributed by atoms with van der Waals surface area (Å²) in [6.45, 7) is 2.08. The van der Waals surface area contributed by atoms with Crippen LogP contribution in [0.15, 0.2) is 53.0 Å². The molecule has 7 heteroatoms. The van der Waals surface area contributed by atoms with Gasteiger partial charge in [-0.2, -0.15) is 0 Å². The standard InChI is InChI=1S/C20H22BrFN2O2S/c1-14(20(26)23-2)24(11-15-3-7-17(21)8-4-15)19(25)13-27-12-16-5-9-18(22)10-6-16/h3-10,14H,11-13H2,1-2H3,(H,23,26). The lowest BCUT2D eigenvalue weighted by Gasteiger charge is -2.28. The van der Waals surface area contributed by atoms with Gasteiger partial charge in [-0.25, -0.2) is 4.39 Å². The van der Waals surface area contributed by atoms with Crippen molar-refractivity contribution < 1.29 is 14.0 Å². The number of rotatable bonds is 8. The molecule has 0 saturated carbocycles. The highest BCUT2D eigenvalue weighted by Crippen LogP contribution is 2.17. The van der Waals surface area contributed by atoms with E-state index >= 15 is 0 Å². The Labute approximate surface area is 171 Å². The van der Waals surface area contributed by atoms with Gasteiger partial charge in [0.1, 0.15) is 11.9 Å². The zero-order valence-electron chi connectivity index (χ0n) is 15.2. The van der Waals surface area contributed by atoms with Crippen LogP contribution in [0.3, 0.4) is 0 Å². The van der Waals surface area contributed by atoms with Crippen LogP contribution < -0.4 is 5.32 Å². The van der Waals surface area contributed by atoms with E-state index in [2.05, 4.69) is 21.2 Å². The Bertz CT molecular complexity index is 769. The molecule has 0 aliphatic heterocycles. The number of halogens is 2. The van der Waals surface area contributed by atoms with Crippen LogP contribution in [0.25, 0.3) is 0 Å². The topological polar surface area (TPSA) is 49.4 Å². The first-order valence-corrected chi connectivity index (χ1v) is 10.4. The molecule has 0 heterocycles. The maximum Gasteiger partial charge on any atom is 0.242 e. The van der Waals surface area contributed by atoms with Crippen LogP contribution >= 0.6 is 27.7 Å². The molecule has 27 heavy (non-hydrogen) atoms. The molecule has 0 bridgehead atoms. The quantitative estimate of drug-likeness (QED) is 0.658. The lowest BCUT2D eigenvalue weighted by molar-refractivity contribution is -0.138. The van der Waals surface area contributed by atoms with Gasteiger partial charge in [0, 0.05) is 23.8 Å². The first-order valence-electron chi connectivity index (χ1n) is 8.48. The summed E-state index contributed by atoms with van der Waals surface area (Å²) in [7, 11) is 1.56. The highest BCUT2D eigenvalue weighted by molar-refractivity contribution is 9.10. The van der Waals surface area contributed by atoms with Crippen LogP contribution in [0.2, 0.25) is 0 Å². The van der Waals surface area contributed by atoms with E-state index in [-0.39, 0.29) is 23.4 Å². The molecular weight excluding hydrogens is 431 g/mol. The van der Waals surface area contributed by atoms with Crippen LogP contribution in [0.5, 0.6) is 0 Å². The van der Waals surface area contributed by atoms with Gasteiger partial charge in [0.2, 0.25) is 11.8 Å². The average Bonchev–Trinajstić information content (AvgIpc) is 2.67. The van der Waals surface area contributed by atoms with Crippen molar-refractivity contribution in [3.63, 3.8) is 0 Å². The molecule has 1 N–H and O–H groups in total. The molecule has 0 fully saturated rings. The summed E-state index contributed by atoms with van der Waals surface area (Å²) in [6, 6.07) is 13.3. The number of amides is 2. The minimum atomic E-state index is -0.572. The second-order valence-corrected chi connectivity index (χ2v) is 7.96. The van der Waals surface area contributed by atoms with Crippen molar-refractivity contribution in [1.29, 1.82) is 0 Å². The van der Waals surface area contributed by atoms with Crippen LogP contribution in [0.1, 0.15) is 18.1 Å². The zero-order chi connectivity index (χ0) is 19.8. The van der Waals surface area contributed by atoms with Gasteiger partial charge in [0.25, 0.3) is 0 Å². The van der Waals surface area contributed by atoms with E-state index < -0.39 is 6.04 Å². The van der Waals surface area contributed by atoms with Crippen LogP contribution in [0.4, 0.5) is 4.39 Å². The average molecular weight is 453 g/mol. The summed E-state index contributed by atoms with van der Waals surface area (Å²) in [5, 5.41) is 2.60. The molecule has 4 nitrogen and oxygen atoms in total. The van der Waals surface area contributed by atoms with Gasteiger partial charge < -0.3 is 10.2 Å². The molecule has 0 radical (unpaired) electrons. The monoisotopic (exact) mass is 452 g/mol. The SMILES string of the molecule is CNC(=O)C(C)N(Cc1ccc(Br)cc1)C(=O)CSCc1ccc(F)cc1. The molecule has 2 rings (SSSR count). The second kappa shape index (κ2) is 10.5. The molecule has 0 aliphatic carbocycles. The predicted molar refractivity (Wildman–Crippen MR) is 111 cm³/mol. The molecule has 0 aliphatic rings. The second-order valence-electron chi connectivity index (χ2n) is 6.06. The van der Waals surface area contributed by atoms with Gasteiger partial charge in [0.15, 0.2) is 0 Å². The first-order chi connectivity index (χ1) is 12.9. The zero-order valence-corrected chi connectivity index (χ0v) is 17.6. The first kappa shape index (κ1) is 21.4. The van der Waals surface area contributed by atoms with E-state index in [1.54, 1.807) is 31.0 Å². The van der Waals surface area contributed by atoms with Gasteiger partial charge >= 0.3 is 0 Å². The Hall–Kier alpha value is -1.86. The van der Waals surface area contributed by atoms with Crippen molar-refractivity contribution in [2.24, 2.45) is 0 Å². The number of likely N-dealkylation sites (N-methyl/N-ethyl adjacent to an activating group) is 1. The molecular formula is C20H22BrFN2O2S.